The van der Waals surface area contributed by atoms with E-state index in [-0.39, 0.29) is 40.7 Å². The van der Waals surface area contributed by atoms with Gasteiger partial charge in [0.2, 0.25) is 15.9 Å². The third-order valence-corrected chi connectivity index (χ3v) is 9.58. The predicted octanol–water partition coefficient (Wildman–Crippen LogP) is 2.45. The summed E-state index contributed by atoms with van der Waals surface area (Å²) in [5.74, 6) is -3.24. The minimum absolute atomic E-state index is 0.111. The van der Waals surface area contributed by atoms with Gasteiger partial charge in [-0.2, -0.15) is 4.31 Å². The highest BCUT2D eigenvalue weighted by Gasteiger charge is 2.45. The van der Waals surface area contributed by atoms with Crippen molar-refractivity contribution in [3.63, 3.8) is 0 Å². The van der Waals surface area contributed by atoms with Gasteiger partial charge >= 0.3 is 0 Å². The summed E-state index contributed by atoms with van der Waals surface area (Å²) in [6.45, 7) is 2.40. The number of rotatable bonds is 5. The Kier molecular flexibility index (Phi) is 6.57. The quantitative estimate of drug-likeness (QED) is 0.493. The molecule has 13 heteroatoms. The zero-order chi connectivity index (χ0) is 27.5. The molecule has 1 aromatic heterocycles. The van der Waals surface area contributed by atoms with E-state index in [1.807, 2.05) is 0 Å². The molecule has 2 N–H and O–H groups in total. The Morgan fingerprint density at radius 1 is 1.03 bits per heavy atom. The number of benzene rings is 2. The second-order valence-electron chi connectivity index (χ2n) is 10.0. The van der Waals surface area contributed by atoms with Gasteiger partial charge in [0, 0.05) is 50.0 Å². The monoisotopic (exact) mass is 564 g/mol. The van der Waals surface area contributed by atoms with Gasteiger partial charge in [-0.25, -0.2) is 21.6 Å². The van der Waals surface area contributed by atoms with Crippen molar-refractivity contribution in [2.45, 2.75) is 29.9 Å². The highest BCUT2D eigenvalue weighted by Crippen LogP contribution is 2.40. The maximum atomic E-state index is 15.6. The predicted molar refractivity (Wildman–Crippen MR) is 136 cm³/mol. The summed E-state index contributed by atoms with van der Waals surface area (Å²) in [5, 5.41) is 9.64. The fourth-order valence-electron chi connectivity index (χ4n) is 5.54. The van der Waals surface area contributed by atoms with Crippen LogP contribution in [0.25, 0.3) is 22.2 Å². The molecule has 3 aromatic rings. The van der Waals surface area contributed by atoms with E-state index in [0.29, 0.717) is 57.4 Å². The molecule has 4 heterocycles. The Balaban J connectivity index is 1.42. The summed E-state index contributed by atoms with van der Waals surface area (Å²) in [5.41, 5.74) is 0.240. The van der Waals surface area contributed by atoms with E-state index < -0.39 is 45.0 Å². The van der Waals surface area contributed by atoms with E-state index in [9.17, 15) is 27.1 Å². The van der Waals surface area contributed by atoms with Crippen LogP contribution in [0.2, 0.25) is 0 Å². The Labute approximate surface area is 222 Å². The van der Waals surface area contributed by atoms with Gasteiger partial charge < -0.3 is 24.6 Å². The first-order valence-corrected chi connectivity index (χ1v) is 14.2. The van der Waals surface area contributed by atoms with Crippen molar-refractivity contribution >= 4 is 32.5 Å². The third-order valence-electron chi connectivity index (χ3n) is 7.68. The van der Waals surface area contributed by atoms with E-state index in [1.54, 1.807) is 9.80 Å². The molecule has 2 atom stereocenters. The number of amides is 1. The van der Waals surface area contributed by atoms with Crippen molar-refractivity contribution in [2.24, 2.45) is 0 Å². The number of morpholine rings is 1. The topological polar surface area (TPSA) is 106 Å². The molecule has 3 saturated heterocycles. The van der Waals surface area contributed by atoms with Gasteiger partial charge in [0.25, 0.3) is 0 Å². The maximum absolute atomic E-state index is 15.6. The number of sulfonamides is 1. The first-order valence-electron chi connectivity index (χ1n) is 12.8. The molecule has 9 nitrogen and oxygen atoms in total. The molecule has 0 aliphatic carbocycles. The largest absolute Gasteiger partial charge is 0.391 e. The number of carbonyl (C=O) groups excluding carboxylic acids is 1. The van der Waals surface area contributed by atoms with E-state index in [4.69, 9.17) is 4.74 Å². The second kappa shape index (κ2) is 9.81. The van der Waals surface area contributed by atoms with Crippen LogP contribution in [-0.2, 0) is 19.6 Å². The van der Waals surface area contributed by atoms with E-state index in [1.165, 1.54) is 18.2 Å². The lowest BCUT2D eigenvalue weighted by Crippen LogP contribution is -2.60. The van der Waals surface area contributed by atoms with Crippen molar-refractivity contribution in [3.05, 3.63) is 47.8 Å². The molecule has 2 aromatic carbocycles. The summed E-state index contributed by atoms with van der Waals surface area (Å²) in [6.07, 6.45) is 0.231. The highest BCUT2D eigenvalue weighted by molar-refractivity contribution is 7.89. The molecule has 3 aliphatic heterocycles. The number of β-amino-alcohol motifs (C(OH)–C–C–N with tert-alkyl or cyclic N) is 1. The number of nitrogens with zero attached hydrogens (tertiary/aromatic N) is 3. The Morgan fingerprint density at radius 2 is 1.79 bits per heavy atom. The fraction of sp³-hybridized carbons (Fsp3) is 0.423. The van der Waals surface area contributed by atoms with Crippen LogP contribution in [-0.4, -0.2) is 91.7 Å². The smallest absolute Gasteiger partial charge is 0.243 e. The molecule has 39 heavy (non-hydrogen) atoms. The number of aromatic amines is 1. The SMILES string of the molecule is O=C([C@@H]1CCN1S(=O)(=O)c1ccc(N2CC[C@H](O)C2)c(-c2[nH]c3cc(F)cc(F)c3c2F)c1)N1CCOCC1. The molecule has 1 amide bonds. The number of fused-ring (bicyclic) bond motifs is 1. The van der Waals surface area contributed by atoms with Crippen LogP contribution in [0.15, 0.2) is 35.2 Å². The van der Waals surface area contributed by atoms with Crippen LogP contribution in [0, 0.1) is 17.5 Å². The number of aliphatic hydroxyl groups is 1. The van der Waals surface area contributed by atoms with Gasteiger partial charge in [-0.1, -0.05) is 0 Å². The normalized spacial score (nSPS) is 22.5. The maximum Gasteiger partial charge on any atom is 0.243 e. The molecule has 6 rings (SSSR count). The zero-order valence-electron chi connectivity index (χ0n) is 20.9. The number of halogens is 3. The molecule has 208 valence electrons. The van der Waals surface area contributed by atoms with Crippen LogP contribution in [0.1, 0.15) is 12.8 Å². The molecule has 3 aliphatic rings. The van der Waals surface area contributed by atoms with Crippen LogP contribution >= 0.6 is 0 Å². The van der Waals surface area contributed by atoms with Crippen molar-refractivity contribution in [1.82, 2.24) is 14.2 Å². The van der Waals surface area contributed by atoms with Crippen LogP contribution in [0.4, 0.5) is 18.9 Å². The van der Waals surface area contributed by atoms with Gasteiger partial charge in [0.05, 0.1) is 40.8 Å². The fourth-order valence-corrected chi connectivity index (χ4v) is 7.19. The molecular formula is C26H27F3N4O5S. The molecule has 0 saturated carbocycles. The lowest BCUT2D eigenvalue weighted by molar-refractivity contribution is -0.142. The van der Waals surface area contributed by atoms with Gasteiger partial charge in [-0.15, -0.1) is 0 Å². The lowest BCUT2D eigenvalue weighted by Gasteiger charge is -2.41. The first-order chi connectivity index (χ1) is 18.6. The number of anilines is 1. The number of ether oxygens (including phenoxy) is 1. The van der Waals surface area contributed by atoms with Gasteiger partial charge in [-0.3, -0.25) is 4.79 Å². The third kappa shape index (κ3) is 4.46. The lowest BCUT2D eigenvalue weighted by atomic mass is 10.1. The zero-order valence-corrected chi connectivity index (χ0v) is 21.7. The van der Waals surface area contributed by atoms with Crippen LogP contribution < -0.4 is 4.90 Å². The van der Waals surface area contributed by atoms with Crippen molar-refractivity contribution < 1.29 is 36.2 Å². The van der Waals surface area contributed by atoms with Crippen LogP contribution in [0.5, 0.6) is 0 Å². The summed E-state index contributed by atoms with van der Waals surface area (Å²) in [4.78, 5) is 19.0. The minimum Gasteiger partial charge on any atom is -0.391 e. The molecule has 0 bridgehead atoms. The number of aliphatic hydroxyl groups excluding tert-OH is 1. The standard InChI is InChI=1S/C26H27F3N4O5S/c27-15-11-19(28)23-20(12-15)30-25(24(23)29)18-13-17(1-2-21(18)32-5-3-16(34)14-32)39(36,37)33-6-4-22(33)26(35)31-7-9-38-10-8-31/h1-2,11-13,16,22,30,34H,3-10,14H2/t16-,22-/m0/s1. The number of hydrogen-bond donors (Lipinski definition) is 2. The van der Waals surface area contributed by atoms with Crippen LogP contribution in [0.3, 0.4) is 0 Å². The van der Waals surface area contributed by atoms with Gasteiger partial charge in [0.15, 0.2) is 5.82 Å². The molecule has 0 spiro atoms. The number of H-pyrrole nitrogens is 1. The number of aromatic nitrogens is 1. The Hall–Kier alpha value is -3.13. The average molecular weight is 565 g/mol. The van der Waals surface area contributed by atoms with Crippen molar-refractivity contribution in [3.8, 4) is 11.3 Å². The summed E-state index contributed by atoms with van der Waals surface area (Å²) in [6, 6.07) is 4.89. The molecule has 0 unspecified atom stereocenters. The number of carbonyl (C=O) groups is 1. The summed E-state index contributed by atoms with van der Waals surface area (Å²) in [7, 11) is -4.16. The number of nitrogens with one attached hydrogen (secondary N) is 1. The Bertz CT molecular complexity index is 1560. The first kappa shape index (κ1) is 26.1. The minimum atomic E-state index is -4.16. The molecular weight excluding hydrogens is 537 g/mol. The van der Waals surface area contributed by atoms with Gasteiger partial charge in [0.1, 0.15) is 17.7 Å². The Morgan fingerprint density at radius 3 is 2.46 bits per heavy atom. The van der Waals surface area contributed by atoms with Gasteiger partial charge in [-0.05, 0) is 37.1 Å². The summed E-state index contributed by atoms with van der Waals surface area (Å²) >= 11 is 0. The second-order valence-corrected chi connectivity index (χ2v) is 11.9. The molecule has 3 fully saturated rings. The van der Waals surface area contributed by atoms with E-state index >= 15 is 4.39 Å². The molecule has 0 radical (unpaired) electrons. The van der Waals surface area contributed by atoms with Crippen molar-refractivity contribution in [1.29, 1.82) is 0 Å². The summed E-state index contributed by atoms with van der Waals surface area (Å²) < 4.78 is 77.8. The van der Waals surface area contributed by atoms with E-state index in [2.05, 4.69) is 4.98 Å². The average Bonchev–Trinajstić information content (AvgIpc) is 3.46. The van der Waals surface area contributed by atoms with E-state index in [0.717, 1.165) is 10.4 Å². The number of hydrogen-bond acceptors (Lipinski definition) is 6. The highest BCUT2D eigenvalue weighted by atomic mass is 32.2. The van der Waals surface area contributed by atoms with Crippen molar-refractivity contribution in [2.75, 3.05) is 50.8 Å².